The second-order valence-corrected chi connectivity index (χ2v) is 4.91. The molecular weight excluding hydrogens is 282 g/mol. The molecule has 2 aromatic rings. The zero-order valence-corrected chi connectivity index (χ0v) is 13.2. The molecule has 0 spiro atoms. The molecular formula is C16H21N3O3. The van der Waals surface area contributed by atoms with Gasteiger partial charge in [-0.3, -0.25) is 4.79 Å². The van der Waals surface area contributed by atoms with E-state index in [1.807, 2.05) is 24.3 Å². The van der Waals surface area contributed by atoms with Gasteiger partial charge in [-0.15, -0.1) is 5.10 Å². The molecule has 0 aliphatic carbocycles. The first-order chi connectivity index (χ1) is 10.7. The van der Waals surface area contributed by atoms with Crippen molar-refractivity contribution in [3.8, 4) is 23.1 Å². The van der Waals surface area contributed by atoms with Crippen LogP contribution in [0.25, 0.3) is 11.4 Å². The number of methoxy groups -OCH3 is 2. The first-order valence-corrected chi connectivity index (χ1v) is 7.38. The summed E-state index contributed by atoms with van der Waals surface area (Å²) in [5, 5.41) is 4.13. The lowest BCUT2D eigenvalue weighted by Crippen LogP contribution is -2.13. The molecule has 1 aromatic carbocycles. The SMILES string of the molecule is CCCCCC(=O)n1nc(OC)nc1-c1ccc(OC)cc1. The number of aromatic nitrogens is 3. The summed E-state index contributed by atoms with van der Waals surface area (Å²) in [6.07, 6.45) is 3.39. The summed E-state index contributed by atoms with van der Waals surface area (Å²) in [6, 6.07) is 7.52. The topological polar surface area (TPSA) is 66.2 Å². The Labute approximate surface area is 130 Å². The molecule has 0 N–H and O–H groups in total. The number of hydrogen-bond donors (Lipinski definition) is 0. The summed E-state index contributed by atoms with van der Waals surface area (Å²) in [5.74, 6) is 1.16. The molecule has 0 radical (unpaired) electrons. The van der Waals surface area contributed by atoms with E-state index in [9.17, 15) is 4.79 Å². The van der Waals surface area contributed by atoms with Crippen molar-refractivity contribution in [1.29, 1.82) is 0 Å². The maximum Gasteiger partial charge on any atom is 0.336 e. The van der Waals surface area contributed by atoms with E-state index < -0.39 is 0 Å². The summed E-state index contributed by atoms with van der Waals surface area (Å²) in [6.45, 7) is 2.10. The van der Waals surface area contributed by atoms with E-state index in [4.69, 9.17) is 9.47 Å². The van der Waals surface area contributed by atoms with Gasteiger partial charge in [0.1, 0.15) is 5.75 Å². The number of benzene rings is 1. The number of carbonyl (C=O) groups is 1. The van der Waals surface area contributed by atoms with Gasteiger partial charge in [-0.1, -0.05) is 19.8 Å². The van der Waals surface area contributed by atoms with Gasteiger partial charge >= 0.3 is 6.01 Å². The van der Waals surface area contributed by atoms with Crippen LogP contribution in [0.3, 0.4) is 0 Å². The minimum atomic E-state index is -0.0740. The van der Waals surface area contributed by atoms with Gasteiger partial charge in [-0.05, 0) is 30.7 Å². The summed E-state index contributed by atoms with van der Waals surface area (Å²) >= 11 is 0. The van der Waals surface area contributed by atoms with Crippen molar-refractivity contribution < 1.29 is 14.3 Å². The average molecular weight is 303 g/mol. The minimum Gasteiger partial charge on any atom is -0.497 e. The predicted octanol–water partition coefficient (Wildman–Crippen LogP) is 3.18. The quantitative estimate of drug-likeness (QED) is 0.735. The van der Waals surface area contributed by atoms with Crippen LogP contribution in [-0.2, 0) is 0 Å². The second-order valence-electron chi connectivity index (χ2n) is 4.91. The minimum absolute atomic E-state index is 0.0740. The fraction of sp³-hybridized carbons (Fsp3) is 0.438. The van der Waals surface area contributed by atoms with Crippen LogP contribution in [0.2, 0.25) is 0 Å². The molecule has 2 rings (SSSR count). The van der Waals surface area contributed by atoms with Gasteiger partial charge < -0.3 is 9.47 Å². The summed E-state index contributed by atoms with van der Waals surface area (Å²) < 4.78 is 11.5. The molecule has 0 aliphatic rings. The highest BCUT2D eigenvalue weighted by Gasteiger charge is 2.17. The Kier molecular flexibility index (Phi) is 5.52. The van der Waals surface area contributed by atoms with Crippen LogP contribution in [-0.4, -0.2) is 34.9 Å². The Hall–Kier alpha value is -2.37. The van der Waals surface area contributed by atoms with Gasteiger partial charge in [0.15, 0.2) is 5.82 Å². The molecule has 22 heavy (non-hydrogen) atoms. The molecule has 6 nitrogen and oxygen atoms in total. The van der Waals surface area contributed by atoms with Crippen molar-refractivity contribution in [2.24, 2.45) is 0 Å². The molecule has 0 unspecified atom stereocenters. The second kappa shape index (κ2) is 7.59. The van der Waals surface area contributed by atoms with E-state index in [2.05, 4.69) is 17.0 Å². The number of unbranched alkanes of at least 4 members (excludes halogenated alkanes) is 2. The molecule has 118 valence electrons. The zero-order chi connectivity index (χ0) is 15.9. The number of nitrogens with zero attached hydrogens (tertiary/aromatic N) is 3. The lowest BCUT2D eigenvalue weighted by Gasteiger charge is -2.05. The molecule has 1 aromatic heterocycles. The number of carbonyl (C=O) groups excluding carboxylic acids is 1. The van der Waals surface area contributed by atoms with E-state index in [-0.39, 0.29) is 11.9 Å². The number of rotatable bonds is 7. The van der Waals surface area contributed by atoms with Gasteiger partial charge in [-0.25, -0.2) is 0 Å². The highest BCUT2D eigenvalue weighted by molar-refractivity contribution is 5.82. The fourth-order valence-corrected chi connectivity index (χ4v) is 2.11. The summed E-state index contributed by atoms with van der Waals surface area (Å²) in [7, 11) is 3.09. The Balaban J connectivity index is 2.29. The largest absolute Gasteiger partial charge is 0.497 e. The van der Waals surface area contributed by atoms with E-state index >= 15 is 0 Å². The third-order valence-electron chi connectivity index (χ3n) is 3.35. The molecule has 1 heterocycles. The Bertz CT molecular complexity index is 620. The van der Waals surface area contributed by atoms with E-state index in [0.29, 0.717) is 12.2 Å². The van der Waals surface area contributed by atoms with Crippen molar-refractivity contribution in [3.05, 3.63) is 24.3 Å². The van der Waals surface area contributed by atoms with Gasteiger partial charge in [-0.2, -0.15) is 9.67 Å². The van der Waals surface area contributed by atoms with Gasteiger partial charge in [0.2, 0.25) is 5.91 Å². The maximum absolute atomic E-state index is 12.3. The van der Waals surface area contributed by atoms with Crippen molar-refractivity contribution >= 4 is 5.91 Å². The van der Waals surface area contributed by atoms with Crippen LogP contribution in [0.4, 0.5) is 0 Å². The van der Waals surface area contributed by atoms with Crippen LogP contribution < -0.4 is 9.47 Å². The summed E-state index contributed by atoms with van der Waals surface area (Å²) in [4.78, 5) is 16.6. The Morgan fingerprint density at radius 3 is 2.45 bits per heavy atom. The monoisotopic (exact) mass is 303 g/mol. The van der Waals surface area contributed by atoms with Crippen LogP contribution in [0.1, 0.15) is 37.4 Å². The van der Waals surface area contributed by atoms with Crippen LogP contribution >= 0.6 is 0 Å². The zero-order valence-electron chi connectivity index (χ0n) is 13.2. The van der Waals surface area contributed by atoms with E-state index in [1.165, 1.54) is 11.8 Å². The van der Waals surface area contributed by atoms with E-state index in [0.717, 1.165) is 30.6 Å². The molecule has 0 saturated heterocycles. The van der Waals surface area contributed by atoms with E-state index in [1.54, 1.807) is 7.11 Å². The summed E-state index contributed by atoms with van der Waals surface area (Å²) in [5.41, 5.74) is 0.792. The highest BCUT2D eigenvalue weighted by Crippen LogP contribution is 2.23. The first-order valence-electron chi connectivity index (χ1n) is 7.38. The fourth-order valence-electron chi connectivity index (χ4n) is 2.11. The number of ether oxygens (including phenoxy) is 2. The third-order valence-corrected chi connectivity index (χ3v) is 3.35. The standard InChI is InChI=1S/C16H21N3O3/c1-4-5-6-7-14(20)19-15(17-16(18-19)22-3)12-8-10-13(21-2)11-9-12/h8-11H,4-7H2,1-3H3. The average Bonchev–Trinajstić information content (AvgIpc) is 2.99. The van der Waals surface area contributed by atoms with Crippen molar-refractivity contribution in [2.75, 3.05) is 14.2 Å². The third kappa shape index (κ3) is 3.63. The normalized spacial score (nSPS) is 10.5. The van der Waals surface area contributed by atoms with Crippen molar-refractivity contribution in [1.82, 2.24) is 14.8 Å². The molecule has 0 saturated carbocycles. The van der Waals surface area contributed by atoms with Crippen LogP contribution in [0.5, 0.6) is 11.8 Å². The number of hydrogen-bond acceptors (Lipinski definition) is 5. The molecule has 0 fully saturated rings. The Morgan fingerprint density at radius 2 is 1.86 bits per heavy atom. The molecule has 0 atom stereocenters. The van der Waals surface area contributed by atoms with Gasteiger partial charge in [0.05, 0.1) is 14.2 Å². The van der Waals surface area contributed by atoms with Crippen molar-refractivity contribution in [2.45, 2.75) is 32.6 Å². The van der Waals surface area contributed by atoms with Gasteiger partial charge in [0.25, 0.3) is 0 Å². The smallest absolute Gasteiger partial charge is 0.336 e. The molecule has 6 heteroatoms. The molecule has 0 aliphatic heterocycles. The molecule has 0 amide bonds. The lowest BCUT2D eigenvalue weighted by atomic mass is 10.2. The van der Waals surface area contributed by atoms with Crippen molar-refractivity contribution in [3.63, 3.8) is 0 Å². The maximum atomic E-state index is 12.3. The Morgan fingerprint density at radius 1 is 1.14 bits per heavy atom. The van der Waals surface area contributed by atoms with Crippen LogP contribution in [0, 0.1) is 0 Å². The predicted molar refractivity (Wildman–Crippen MR) is 83.3 cm³/mol. The first kappa shape index (κ1) is 16.0. The van der Waals surface area contributed by atoms with Crippen LogP contribution in [0.15, 0.2) is 24.3 Å². The van der Waals surface area contributed by atoms with Gasteiger partial charge in [0, 0.05) is 12.0 Å². The highest BCUT2D eigenvalue weighted by atomic mass is 16.5. The lowest BCUT2D eigenvalue weighted by molar-refractivity contribution is 0.0883. The molecule has 0 bridgehead atoms.